The molecule has 0 amide bonds. The van der Waals surface area contributed by atoms with E-state index in [-0.39, 0.29) is 24.0 Å². The number of ether oxygens (including phenoxy) is 1. The van der Waals surface area contributed by atoms with Crippen molar-refractivity contribution < 1.29 is 13.5 Å². The molecule has 4 nitrogen and oxygen atoms in total. The molecule has 0 saturated carbocycles. The van der Waals surface area contributed by atoms with Gasteiger partial charge in [0, 0.05) is 20.1 Å². The monoisotopic (exact) mass is 475 g/mol. The second kappa shape index (κ2) is 12.5. The van der Waals surface area contributed by atoms with Crippen LogP contribution in [0.3, 0.4) is 0 Å². The number of rotatable bonds is 8. The van der Waals surface area contributed by atoms with Crippen molar-refractivity contribution in [2.45, 2.75) is 19.4 Å². The quantitative estimate of drug-likeness (QED) is 0.347. The first-order chi connectivity index (χ1) is 12.2. The van der Waals surface area contributed by atoms with Gasteiger partial charge in [-0.05, 0) is 29.7 Å². The highest BCUT2D eigenvalue weighted by molar-refractivity contribution is 14.0. The average molecular weight is 475 g/mol. The first-order valence-corrected chi connectivity index (χ1v) is 8.15. The number of guanidine groups is 1. The zero-order valence-corrected chi connectivity index (χ0v) is 17.0. The molecule has 2 aromatic carbocycles. The van der Waals surface area contributed by atoms with Crippen LogP contribution in [-0.4, -0.2) is 32.6 Å². The second-order valence-electron chi connectivity index (χ2n) is 5.44. The van der Waals surface area contributed by atoms with E-state index in [9.17, 15) is 8.78 Å². The fourth-order valence-corrected chi connectivity index (χ4v) is 2.28. The largest absolute Gasteiger partial charge is 0.488 e. The minimum absolute atomic E-state index is 0. The smallest absolute Gasteiger partial charge is 0.272 e. The van der Waals surface area contributed by atoms with E-state index in [1.54, 1.807) is 25.2 Å². The van der Waals surface area contributed by atoms with Crippen LogP contribution >= 0.6 is 24.0 Å². The Morgan fingerprint density at radius 3 is 2.46 bits per heavy atom. The summed E-state index contributed by atoms with van der Waals surface area (Å²) in [4.78, 5) is 4.18. The van der Waals surface area contributed by atoms with Gasteiger partial charge in [-0.3, -0.25) is 4.99 Å². The molecule has 0 radical (unpaired) electrons. The second-order valence-corrected chi connectivity index (χ2v) is 5.44. The molecule has 0 aromatic heterocycles. The Labute approximate surface area is 170 Å². The van der Waals surface area contributed by atoms with Crippen molar-refractivity contribution in [3.63, 3.8) is 0 Å². The van der Waals surface area contributed by atoms with Gasteiger partial charge in [0.1, 0.15) is 12.4 Å². The van der Waals surface area contributed by atoms with Crippen molar-refractivity contribution in [3.8, 4) is 5.75 Å². The first-order valence-electron chi connectivity index (χ1n) is 8.15. The zero-order valence-electron chi connectivity index (χ0n) is 14.6. The molecule has 2 aromatic rings. The van der Waals surface area contributed by atoms with Gasteiger partial charge in [0.25, 0.3) is 6.43 Å². The van der Waals surface area contributed by atoms with Crippen molar-refractivity contribution in [1.29, 1.82) is 0 Å². The van der Waals surface area contributed by atoms with Crippen LogP contribution in [0.1, 0.15) is 11.1 Å². The molecule has 26 heavy (non-hydrogen) atoms. The van der Waals surface area contributed by atoms with E-state index in [1.807, 2.05) is 24.3 Å². The Bertz CT molecular complexity index is 669. The molecule has 0 fully saturated rings. The van der Waals surface area contributed by atoms with Crippen LogP contribution in [0.4, 0.5) is 8.78 Å². The Morgan fingerprint density at radius 1 is 1.04 bits per heavy atom. The summed E-state index contributed by atoms with van der Waals surface area (Å²) in [5, 5.41) is 6.45. The Balaban J connectivity index is 0.00000338. The molecular formula is C19H24F2IN3O. The molecule has 2 rings (SSSR count). The third-order valence-electron chi connectivity index (χ3n) is 3.51. The number of alkyl halides is 2. The lowest BCUT2D eigenvalue weighted by molar-refractivity contribution is 0.0818. The fourth-order valence-electron chi connectivity index (χ4n) is 2.28. The number of halogens is 3. The van der Waals surface area contributed by atoms with Crippen molar-refractivity contribution in [3.05, 3.63) is 65.7 Å². The van der Waals surface area contributed by atoms with Crippen molar-refractivity contribution in [1.82, 2.24) is 10.6 Å². The van der Waals surface area contributed by atoms with Crippen LogP contribution in [-0.2, 0) is 13.0 Å². The molecule has 0 heterocycles. The minimum Gasteiger partial charge on any atom is -0.488 e. The van der Waals surface area contributed by atoms with Gasteiger partial charge in [0.2, 0.25) is 0 Å². The third-order valence-corrected chi connectivity index (χ3v) is 3.51. The predicted molar refractivity (Wildman–Crippen MR) is 112 cm³/mol. The highest BCUT2D eigenvalue weighted by Gasteiger charge is 2.04. The summed E-state index contributed by atoms with van der Waals surface area (Å²) < 4.78 is 29.4. The highest BCUT2D eigenvalue weighted by atomic mass is 127. The molecular weight excluding hydrogens is 451 g/mol. The standard InChI is InChI=1S/C19H23F2N3O.HI/c1-22-19(23-11-10-15-6-3-2-4-7-15)24-13-16-8-5-9-17(12-16)25-14-18(20)21;/h2-9,12,18H,10-11,13-14H2,1H3,(H2,22,23,24);1H. The number of hydrogen-bond acceptors (Lipinski definition) is 2. The van der Waals surface area contributed by atoms with E-state index in [0.717, 1.165) is 18.5 Å². The van der Waals surface area contributed by atoms with Crippen LogP contribution in [0.25, 0.3) is 0 Å². The lowest BCUT2D eigenvalue weighted by Gasteiger charge is -2.13. The van der Waals surface area contributed by atoms with E-state index < -0.39 is 13.0 Å². The Kier molecular flexibility index (Phi) is 10.6. The maximum absolute atomic E-state index is 12.2. The lowest BCUT2D eigenvalue weighted by atomic mass is 10.1. The minimum atomic E-state index is -2.48. The van der Waals surface area contributed by atoms with Crippen LogP contribution in [0.5, 0.6) is 5.75 Å². The Morgan fingerprint density at radius 2 is 1.77 bits per heavy atom. The summed E-state index contributed by atoms with van der Waals surface area (Å²) in [5.41, 5.74) is 2.19. The maximum Gasteiger partial charge on any atom is 0.272 e. The number of aliphatic imine (C=N–C) groups is 1. The number of benzene rings is 2. The molecule has 0 aliphatic rings. The van der Waals surface area contributed by atoms with Gasteiger partial charge in [0.15, 0.2) is 5.96 Å². The fraction of sp³-hybridized carbons (Fsp3) is 0.316. The van der Waals surface area contributed by atoms with Crippen LogP contribution in [0.15, 0.2) is 59.6 Å². The van der Waals surface area contributed by atoms with Gasteiger partial charge in [-0.25, -0.2) is 8.78 Å². The number of nitrogens with zero attached hydrogens (tertiary/aromatic N) is 1. The number of hydrogen-bond donors (Lipinski definition) is 2. The molecule has 0 unspecified atom stereocenters. The Hall–Kier alpha value is -1.90. The normalized spacial score (nSPS) is 11.0. The SMILES string of the molecule is CN=C(NCCc1ccccc1)NCc1cccc(OCC(F)F)c1.I. The summed E-state index contributed by atoms with van der Waals surface area (Å²) in [5.74, 6) is 1.13. The zero-order chi connectivity index (χ0) is 17.9. The van der Waals surface area contributed by atoms with Gasteiger partial charge in [-0.2, -0.15) is 0 Å². The number of nitrogens with one attached hydrogen (secondary N) is 2. The van der Waals surface area contributed by atoms with Gasteiger partial charge >= 0.3 is 0 Å². The van der Waals surface area contributed by atoms with Crippen LogP contribution in [0.2, 0.25) is 0 Å². The summed E-state index contributed by atoms with van der Waals surface area (Å²) in [6.45, 7) is 0.692. The van der Waals surface area contributed by atoms with Gasteiger partial charge in [-0.15, -0.1) is 24.0 Å². The molecule has 0 bridgehead atoms. The predicted octanol–water partition coefficient (Wildman–Crippen LogP) is 3.86. The van der Waals surface area contributed by atoms with Gasteiger partial charge in [0.05, 0.1) is 0 Å². The third kappa shape index (κ3) is 8.46. The van der Waals surface area contributed by atoms with Crippen molar-refractivity contribution in [2.75, 3.05) is 20.2 Å². The molecule has 0 spiro atoms. The topological polar surface area (TPSA) is 45.7 Å². The van der Waals surface area contributed by atoms with E-state index in [4.69, 9.17) is 4.74 Å². The van der Waals surface area contributed by atoms with Crippen LogP contribution < -0.4 is 15.4 Å². The van der Waals surface area contributed by atoms with E-state index >= 15 is 0 Å². The summed E-state index contributed by atoms with van der Waals surface area (Å²) >= 11 is 0. The summed E-state index contributed by atoms with van der Waals surface area (Å²) in [6, 6.07) is 17.3. The molecule has 2 N–H and O–H groups in total. The van der Waals surface area contributed by atoms with Crippen molar-refractivity contribution >= 4 is 29.9 Å². The van der Waals surface area contributed by atoms with Gasteiger partial charge < -0.3 is 15.4 Å². The first kappa shape index (κ1) is 22.1. The summed E-state index contributed by atoms with van der Waals surface area (Å²) in [6.07, 6.45) is -1.58. The molecule has 0 aliphatic heterocycles. The summed E-state index contributed by atoms with van der Waals surface area (Å²) in [7, 11) is 1.71. The molecule has 0 atom stereocenters. The lowest BCUT2D eigenvalue weighted by Crippen LogP contribution is -2.37. The van der Waals surface area contributed by atoms with E-state index in [0.29, 0.717) is 18.3 Å². The van der Waals surface area contributed by atoms with E-state index in [1.165, 1.54) is 5.56 Å². The van der Waals surface area contributed by atoms with Crippen molar-refractivity contribution in [2.24, 2.45) is 4.99 Å². The van der Waals surface area contributed by atoms with Crippen LogP contribution in [0, 0.1) is 0 Å². The average Bonchev–Trinajstić information content (AvgIpc) is 2.64. The van der Waals surface area contributed by atoms with Gasteiger partial charge in [-0.1, -0.05) is 42.5 Å². The van der Waals surface area contributed by atoms with E-state index in [2.05, 4.69) is 27.8 Å². The molecule has 0 aliphatic carbocycles. The molecule has 142 valence electrons. The maximum atomic E-state index is 12.2. The highest BCUT2D eigenvalue weighted by Crippen LogP contribution is 2.14. The molecule has 0 saturated heterocycles. The molecule has 7 heteroatoms.